The molecule has 1 aliphatic carbocycles. The van der Waals surface area contributed by atoms with Gasteiger partial charge in [-0.05, 0) is 30.4 Å². The topological polar surface area (TPSA) is 54.4 Å². The molecule has 1 aromatic rings. The van der Waals surface area contributed by atoms with Crippen LogP contribution < -0.4 is 0 Å². The molecule has 0 heterocycles. The van der Waals surface area contributed by atoms with E-state index in [2.05, 4.69) is 0 Å². The van der Waals surface area contributed by atoms with E-state index in [0.717, 1.165) is 18.4 Å². The molecule has 0 atom stereocenters. The van der Waals surface area contributed by atoms with Crippen LogP contribution in [-0.2, 0) is 4.79 Å². The highest BCUT2D eigenvalue weighted by molar-refractivity contribution is 6.31. The number of carboxylic acid groups (broad SMARTS) is 1. The molecular weight excluding hydrogens is 276 g/mol. The van der Waals surface area contributed by atoms with E-state index in [4.69, 9.17) is 16.7 Å². The van der Waals surface area contributed by atoms with Gasteiger partial charge in [0.1, 0.15) is 0 Å². The molecule has 0 bridgehead atoms. The van der Waals surface area contributed by atoms with Crippen molar-refractivity contribution < 1.29 is 14.7 Å². The van der Waals surface area contributed by atoms with Gasteiger partial charge in [0.05, 0.1) is 6.42 Å². The van der Waals surface area contributed by atoms with E-state index in [1.165, 1.54) is 19.3 Å². The quantitative estimate of drug-likeness (QED) is 0.817. The molecule has 0 amide bonds. The molecule has 1 fully saturated rings. The fourth-order valence-electron chi connectivity index (χ4n) is 2.81. The van der Waals surface area contributed by atoms with Crippen LogP contribution in [0.15, 0.2) is 18.2 Å². The molecular formula is C16H19ClO3. The molecule has 0 aliphatic heterocycles. The van der Waals surface area contributed by atoms with Crippen LogP contribution in [0.25, 0.3) is 0 Å². The fraction of sp³-hybridized carbons (Fsp3) is 0.500. The molecule has 1 aliphatic rings. The Morgan fingerprint density at radius 2 is 1.85 bits per heavy atom. The van der Waals surface area contributed by atoms with Crippen molar-refractivity contribution in [2.75, 3.05) is 0 Å². The smallest absolute Gasteiger partial charge is 0.303 e. The molecule has 3 nitrogen and oxygen atoms in total. The number of ketones is 1. The number of carbonyl (C=O) groups is 2. The molecule has 1 aromatic carbocycles. The molecule has 108 valence electrons. The largest absolute Gasteiger partial charge is 0.481 e. The van der Waals surface area contributed by atoms with E-state index in [9.17, 15) is 9.59 Å². The Morgan fingerprint density at radius 1 is 1.15 bits per heavy atom. The van der Waals surface area contributed by atoms with Crippen molar-refractivity contribution in [3.63, 3.8) is 0 Å². The van der Waals surface area contributed by atoms with E-state index < -0.39 is 5.97 Å². The maximum atomic E-state index is 11.9. The molecule has 0 radical (unpaired) electrons. The van der Waals surface area contributed by atoms with E-state index in [1.807, 2.05) is 6.07 Å². The van der Waals surface area contributed by atoms with E-state index >= 15 is 0 Å². The summed E-state index contributed by atoms with van der Waals surface area (Å²) in [7, 11) is 0. The summed E-state index contributed by atoms with van der Waals surface area (Å²) < 4.78 is 0. The summed E-state index contributed by atoms with van der Waals surface area (Å²) >= 11 is 6.30. The van der Waals surface area contributed by atoms with Crippen LogP contribution in [0.4, 0.5) is 0 Å². The summed E-state index contributed by atoms with van der Waals surface area (Å²) in [5.41, 5.74) is 1.64. The van der Waals surface area contributed by atoms with Gasteiger partial charge in [0.2, 0.25) is 0 Å². The normalized spacial score (nSPS) is 16.1. The number of hydrogen-bond acceptors (Lipinski definition) is 2. The van der Waals surface area contributed by atoms with Crippen LogP contribution in [0.5, 0.6) is 0 Å². The van der Waals surface area contributed by atoms with Crippen molar-refractivity contribution in [1.82, 2.24) is 0 Å². The zero-order chi connectivity index (χ0) is 14.5. The standard InChI is InChI=1S/C16H19ClO3/c17-14-10-12(15(18)8-9-16(19)20)6-7-13(14)11-4-2-1-3-5-11/h6-7,10-11H,1-5,8-9H2,(H,19,20). The Hall–Kier alpha value is -1.35. The lowest BCUT2D eigenvalue weighted by Gasteiger charge is -2.23. The highest BCUT2D eigenvalue weighted by Gasteiger charge is 2.19. The Kier molecular flexibility index (Phi) is 5.18. The van der Waals surface area contributed by atoms with Gasteiger partial charge in [-0.3, -0.25) is 9.59 Å². The zero-order valence-electron chi connectivity index (χ0n) is 11.4. The molecule has 1 saturated carbocycles. The molecule has 4 heteroatoms. The average Bonchev–Trinajstić information content (AvgIpc) is 2.45. The number of hydrogen-bond donors (Lipinski definition) is 1. The Morgan fingerprint density at radius 3 is 2.45 bits per heavy atom. The highest BCUT2D eigenvalue weighted by Crippen LogP contribution is 2.36. The van der Waals surface area contributed by atoms with Crippen molar-refractivity contribution in [2.24, 2.45) is 0 Å². The summed E-state index contributed by atoms with van der Waals surface area (Å²) in [5.74, 6) is -0.618. The predicted octanol–water partition coefficient (Wildman–Crippen LogP) is 4.44. The lowest BCUT2D eigenvalue weighted by Crippen LogP contribution is -2.07. The van der Waals surface area contributed by atoms with Gasteiger partial charge in [-0.15, -0.1) is 0 Å². The summed E-state index contributed by atoms with van der Waals surface area (Å²) in [6.07, 6.45) is 5.97. The summed E-state index contributed by atoms with van der Waals surface area (Å²) in [6.45, 7) is 0. The second kappa shape index (κ2) is 6.89. The number of aliphatic carboxylic acids is 1. The lowest BCUT2D eigenvalue weighted by atomic mass is 9.83. The minimum atomic E-state index is -0.955. The van der Waals surface area contributed by atoms with Gasteiger partial charge >= 0.3 is 5.97 Å². The van der Waals surface area contributed by atoms with Gasteiger partial charge in [-0.1, -0.05) is 43.0 Å². The first kappa shape index (κ1) is 15.0. The van der Waals surface area contributed by atoms with Crippen LogP contribution in [0.1, 0.15) is 66.8 Å². The van der Waals surface area contributed by atoms with Crippen LogP contribution in [0.3, 0.4) is 0 Å². The first-order chi connectivity index (χ1) is 9.58. The lowest BCUT2D eigenvalue weighted by molar-refractivity contribution is -0.136. The van der Waals surface area contributed by atoms with Crippen molar-refractivity contribution in [3.8, 4) is 0 Å². The van der Waals surface area contributed by atoms with Crippen molar-refractivity contribution in [2.45, 2.75) is 50.9 Å². The zero-order valence-corrected chi connectivity index (χ0v) is 12.2. The second-order valence-corrected chi connectivity index (χ2v) is 5.80. The van der Waals surface area contributed by atoms with Crippen molar-refractivity contribution in [3.05, 3.63) is 34.3 Å². The Balaban J connectivity index is 2.08. The Labute approximate surface area is 123 Å². The van der Waals surface area contributed by atoms with Gasteiger partial charge in [0, 0.05) is 17.0 Å². The number of rotatable bonds is 5. The predicted molar refractivity (Wildman–Crippen MR) is 78.5 cm³/mol. The highest BCUT2D eigenvalue weighted by atomic mass is 35.5. The SMILES string of the molecule is O=C(O)CCC(=O)c1ccc(C2CCCCC2)c(Cl)c1. The number of Topliss-reactive ketones (excluding diaryl/α,β-unsaturated/α-hetero) is 1. The van der Waals surface area contributed by atoms with E-state index in [0.29, 0.717) is 16.5 Å². The molecule has 20 heavy (non-hydrogen) atoms. The summed E-state index contributed by atoms with van der Waals surface area (Å²) in [4.78, 5) is 22.4. The third kappa shape index (κ3) is 3.83. The molecule has 0 saturated heterocycles. The first-order valence-electron chi connectivity index (χ1n) is 7.12. The van der Waals surface area contributed by atoms with Gasteiger partial charge < -0.3 is 5.11 Å². The average molecular weight is 295 g/mol. The van der Waals surface area contributed by atoms with Gasteiger partial charge in [0.15, 0.2) is 5.78 Å². The van der Waals surface area contributed by atoms with Crippen LogP contribution in [0.2, 0.25) is 5.02 Å². The molecule has 0 unspecified atom stereocenters. The number of halogens is 1. The van der Waals surface area contributed by atoms with Crippen molar-refractivity contribution >= 4 is 23.4 Å². The summed E-state index contributed by atoms with van der Waals surface area (Å²) in [6, 6.07) is 5.40. The molecule has 0 aromatic heterocycles. The van der Waals surface area contributed by atoms with E-state index in [-0.39, 0.29) is 18.6 Å². The monoisotopic (exact) mass is 294 g/mol. The van der Waals surface area contributed by atoms with Gasteiger partial charge in [-0.25, -0.2) is 0 Å². The molecule has 0 spiro atoms. The van der Waals surface area contributed by atoms with Gasteiger partial charge in [-0.2, -0.15) is 0 Å². The van der Waals surface area contributed by atoms with Gasteiger partial charge in [0.25, 0.3) is 0 Å². The molecule has 2 rings (SSSR count). The number of carbonyl (C=O) groups excluding carboxylic acids is 1. The summed E-state index contributed by atoms with van der Waals surface area (Å²) in [5, 5.41) is 9.24. The first-order valence-corrected chi connectivity index (χ1v) is 7.50. The minimum Gasteiger partial charge on any atom is -0.481 e. The second-order valence-electron chi connectivity index (χ2n) is 5.39. The number of carboxylic acids is 1. The van der Waals surface area contributed by atoms with Crippen LogP contribution in [0, 0.1) is 0 Å². The third-order valence-corrected chi connectivity index (χ3v) is 4.26. The minimum absolute atomic E-state index is 0.0223. The van der Waals surface area contributed by atoms with Crippen LogP contribution >= 0.6 is 11.6 Å². The third-order valence-electron chi connectivity index (χ3n) is 3.93. The fourth-order valence-corrected chi connectivity index (χ4v) is 3.14. The van der Waals surface area contributed by atoms with Crippen LogP contribution in [-0.4, -0.2) is 16.9 Å². The van der Waals surface area contributed by atoms with Crippen molar-refractivity contribution in [1.29, 1.82) is 0 Å². The van der Waals surface area contributed by atoms with E-state index in [1.54, 1.807) is 12.1 Å². The number of benzene rings is 1. The Bertz CT molecular complexity index is 504. The maximum Gasteiger partial charge on any atom is 0.303 e. The molecule has 1 N–H and O–H groups in total. The maximum absolute atomic E-state index is 11.9.